The first-order chi connectivity index (χ1) is 18.2. The largest absolute Gasteiger partial charge is 0.352 e. The smallest absolute Gasteiger partial charge is 0.265 e. The molecule has 1 aliphatic rings. The lowest BCUT2D eigenvalue weighted by atomic mass is 10.1. The van der Waals surface area contributed by atoms with E-state index in [9.17, 15) is 18.0 Å². The number of nitrogens with zero attached hydrogens (tertiary/aromatic N) is 2. The topological polar surface area (TPSA) is 86.8 Å². The minimum absolute atomic E-state index is 0.0117. The Bertz CT molecular complexity index is 1410. The van der Waals surface area contributed by atoms with E-state index in [-0.39, 0.29) is 30.8 Å². The van der Waals surface area contributed by atoms with E-state index in [0.29, 0.717) is 30.0 Å². The van der Waals surface area contributed by atoms with Gasteiger partial charge in [-0.15, -0.1) is 0 Å². The lowest BCUT2D eigenvalue weighted by Crippen LogP contribution is -2.50. The Kier molecular flexibility index (Phi) is 8.41. The zero-order chi connectivity index (χ0) is 27.4. The normalized spacial score (nSPS) is 15.3. The van der Waals surface area contributed by atoms with E-state index < -0.39 is 16.1 Å². The Balaban J connectivity index is 1.52. The Hall–Kier alpha value is -3.39. The van der Waals surface area contributed by atoms with Gasteiger partial charge < -0.3 is 10.2 Å². The fourth-order valence-electron chi connectivity index (χ4n) is 4.97. The van der Waals surface area contributed by atoms with Crippen molar-refractivity contribution in [3.8, 4) is 0 Å². The van der Waals surface area contributed by atoms with Gasteiger partial charge in [0.1, 0.15) is 6.04 Å². The van der Waals surface area contributed by atoms with E-state index in [1.165, 1.54) is 4.31 Å². The predicted molar refractivity (Wildman–Crippen MR) is 151 cm³/mol. The molecular formula is C30H37N3O4S. The second kappa shape index (κ2) is 11.6. The van der Waals surface area contributed by atoms with Crippen LogP contribution in [0.1, 0.15) is 57.6 Å². The number of sulfonamides is 1. The minimum atomic E-state index is -3.68. The first-order valence-corrected chi connectivity index (χ1v) is 14.8. The molecule has 2 atom stereocenters. The van der Waals surface area contributed by atoms with Gasteiger partial charge in [0.2, 0.25) is 11.8 Å². The van der Waals surface area contributed by atoms with E-state index >= 15 is 0 Å². The summed E-state index contributed by atoms with van der Waals surface area (Å²) in [7, 11) is -3.68. The Labute approximate surface area is 225 Å². The summed E-state index contributed by atoms with van der Waals surface area (Å²) in [6.07, 6.45) is 1.76. The van der Waals surface area contributed by atoms with Gasteiger partial charge >= 0.3 is 0 Å². The van der Waals surface area contributed by atoms with Crippen LogP contribution in [0.15, 0.2) is 65.6 Å². The van der Waals surface area contributed by atoms with Gasteiger partial charge in [-0.05, 0) is 56.2 Å². The Morgan fingerprint density at radius 3 is 2.32 bits per heavy atom. The van der Waals surface area contributed by atoms with E-state index in [1.807, 2.05) is 76.2 Å². The SMILES string of the molecule is CC[C@@H](C)NC(=O)[C@H](CC)N(Cc1ccc(C)cc1)C(=O)CCCN1c2cccc3cccc(c23)S1(=O)=O. The van der Waals surface area contributed by atoms with Crippen LogP contribution in [-0.4, -0.2) is 43.8 Å². The fraction of sp³-hybridized carbons (Fsp3) is 0.400. The lowest BCUT2D eigenvalue weighted by Gasteiger charge is -2.32. The molecule has 38 heavy (non-hydrogen) atoms. The van der Waals surface area contributed by atoms with Gasteiger partial charge in [0.05, 0.1) is 10.6 Å². The van der Waals surface area contributed by atoms with Gasteiger partial charge in [0.25, 0.3) is 10.0 Å². The van der Waals surface area contributed by atoms with Crippen molar-refractivity contribution < 1.29 is 18.0 Å². The average Bonchev–Trinajstić information content (AvgIpc) is 3.12. The Morgan fingerprint density at radius 2 is 1.66 bits per heavy atom. The molecule has 0 aliphatic carbocycles. The molecule has 0 saturated carbocycles. The van der Waals surface area contributed by atoms with Gasteiger partial charge in [0, 0.05) is 30.9 Å². The van der Waals surface area contributed by atoms with Crippen LogP contribution in [0.2, 0.25) is 0 Å². The zero-order valence-electron chi connectivity index (χ0n) is 22.6. The second-order valence-corrected chi connectivity index (χ2v) is 11.9. The number of rotatable bonds is 11. The summed E-state index contributed by atoms with van der Waals surface area (Å²) in [5, 5.41) is 4.63. The van der Waals surface area contributed by atoms with Crippen LogP contribution in [-0.2, 0) is 26.2 Å². The summed E-state index contributed by atoms with van der Waals surface area (Å²) < 4.78 is 28.0. The maximum absolute atomic E-state index is 13.6. The highest BCUT2D eigenvalue weighted by Crippen LogP contribution is 2.42. The van der Waals surface area contributed by atoms with Gasteiger partial charge in [-0.1, -0.05) is 67.9 Å². The first-order valence-electron chi connectivity index (χ1n) is 13.4. The molecule has 0 radical (unpaired) electrons. The van der Waals surface area contributed by atoms with Gasteiger partial charge in [-0.25, -0.2) is 8.42 Å². The van der Waals surface area contributed by atoms with Crippen LogP contribution < -0.4 is 9.62 Å². The minimum Gasteiger partial charge on any atom is -0.352 e. The number of hydrogen-bond acceptors (Lipinski definition) is 4. The molecular weight excluding hydrogens is 498 g/mol. The predicted octanol–water partition coefficient (Wildman–Crippen LogP) is 5.16. The van der Waals surface area contributed by atoms with E-state index in [2.05, 4.69) is 5.32 Å². The number of hydrogen-bond donors (Lipinski definition) is 1. The van der Waals surface area contributed by atoms with Crippen molar-refractivity contribution in [3.05, 3.63) is 71.8 Å². The number of carbonyl (C=O) groups excluding carboxylic acids is 2. The van der Waals surface area contributed by atoms with E-state index in [1.54, 1.807) is 17.0 Å². The van der Waals surface area contributed by atoms with Crippen molar-refractivity contribution in [2.24, 2.45) is 0 Å². The average molecular weight is 536 g/mol. The molecule has 3 aromatic rings. The third-order valence-corrected chi connectivity index (χ3v) is 9.15. The van der Waals surface area contributed by atoms with Crippen molar-refractivity contribution in [2.75, 3.05) is 10.8 Å². The molecule has 1 N–H and O–H groups in total. The van der Waals surface area contributed by atoms with Crippen molar-refractivity contribution >= 4 is 38.3 Å². The zero-order valence-corrected chi connectivity index (χ0v) is 23.4. The van der Waals surface area contributed by atoms with Crippen LogP contribution in [0, 0.1) is 6.92 Å². The van der Waals surface area contributed by atoms with Crippen LogP contribution in [0.4, 0.5) is 5.69 Å². The summed E-state index contributed by atoms with van der Waals surface area (Å²) in [6.45, 7) is 8.38. The van der Waals surface area contributed by atoms with Gasteiger partial charge in [-0.3, -0.25) is 13.9 Å². The standard InChI is InChI=1S/C30H37N3O4S/c1-5-22(4)31-30(35)25(6-2)32(20-23-17-15-21(3)16-18-23)28(34)14-9-19-33-26-12-7-10-24-11-8-13-27(29(24)26)38(33,36)37/h7-8,10-13,15-18,22,25H,5-6,9,14,19-20H2,1-4H3,(H,31,35)/t22-,25+/m1/s1. The summed E-state index contributed by atoms with van der Waals surface area (Å²) >= 11 is 0. The summed E-state index contributed by atoms with van der Waals surface area (Å²) in [5.41, 5.74) is 2.72. The van der Waals surface area contributed by atoms with Crippen molar-refractivity contribution in [3.63, 3.8) is 0 Å². The molecule has 202 valence electrons. The van der Waals surface area contributed by atoms with Crippen molar-refractivity contribution in [1.82, 2.24) is 10.2 Å². The van der Waals surface area contributed by atoms with Gasteiger partial charge in [-0.2, -0.15) is 0 Å². The third kappa shape index (κ3) is 5.55. The molecule has 0 bridgehead atoms. The quantitative estimate of drug-likeness (QED) is 0.368. The van der Waals surface area contributed by atoms with Gasteiger partial charge in [0.15, 0.2) is 0 Å². The molecule has 8 heteroatoms. The number of nitrogens with one attached hydrogen (secondary N) is 1. The molecule has 4 rings (SSSR count). The van der Waals surface area contributed by atoms with E-state index in [0.717, 1.165) is 28.3 Å². The van der Waals surface area contributed by atoms with Crippen LogP contribution in [0.25, 0.3) is 10.8 Å². The number of anilines is 1. The molecule has 0 spiro atoms. The molecule has 1 aliphatic heterocycles. The third-order valence-electron chi connectivity index (χ3n) is 7.29. The lowest BCUT2D eigenvalue weighted by molar-refractivity contribution is -0.141. The Morgan fingerprint density at radius 1 is 0.974 bits per heavy atom. The second-order valence-electron chi connectivity index (χ2n) is 10.1. The van der Waals surface area contributed by atoms with Crippen LogP contribution >= 0.6 is 0 Å². The monoisotopic (exact) mass is 535 g/mol. The maximum atomic E-state index is 13.6. The highest BCUT2D eigenvalue weighted by molar-refractivity contribution is 7.93. The number of benzene rings is 3. The molecule has 1 heterocycles. The first kappa shape index (κ1) is 27.6. The number of amides is 2. The number of aryl methyl sites for hydroxylation is 1. The highest BCUT2D eigenvalue weighted by Gasteiger charge is 2.35. The van der Waals surface area contributed by atoms with E-state index in [4.69, 9.17) is 0 Å². The molecule has 0 saturated heterocycles. The molecule has 3 aromatic carbocycles. The molecule has 0 unspecified atom stereocenters. The van der Waals surface area contributed by atoms with Crippen LogP contribution in [0.5, 0.6) is 0 Å². The van der Waals surface area contributed by atoms with Crippen molar-refractivity contribution in [2.45, 2.75) is 76.9 Å². The summed E-state index contributed by atoms with van der Waals surface area (Å²) in [5.74, 6) is -0.324. The summed E-state index contributed by atoms with van der Waals surface area (Å²) in [6, 6.07) is 18.2. The van der Waals surface area contributed by atoms with Crippen LogP contribution in [0.3, 0.4) is 0 Å². The molecule has 0 aromatic heterocycles. The summed E-state index contributed by atoms with van der Waals surface area (Å²) in [4.78, 5) is 28.7. The molecule has 0 fully saturated rings. The molecule has 2 amide bonds. The molecule has 7 nitrogen and oxygen atoms in total. The highest BCUT2D eigenvalue weighted by atomic mass is 32.2. The van der Waals surface area contributed by atoms with Crippen molar-refractivity contribution in [1.29, 1.82) is 0 Å². The number of carbonyl (C=O) groups is 2. The fourth-order valence-corrected chi connectivity index (χ4v) is 6.72. The maximum Gasteiger partial charge on any atom is 0.265 e.